The molecule has 1 saturated carbocycles. The third-order valence-corrected chi connectivity index (χ3v) is 4.70. The van der Waals surface area contributed by atoms with Crippen LogP contribution in [-0.4, -0.2) is 24.6 Å². The van der Waals surface area contributed by atoms with E-state index in [1.807, 2.05) is 0 Å². The molecule has 0 bridgehead atoms. The SMILES string of the molecule is COc1ccc(NC(=O)[C@H]2CC(=O)OC23CCCCC3)cc1. The first-order valence-electron chi connectivity index (χ1n) is 7.80. The van der Waals surface area contributed by atoms with Gasteiger partial charge in [0.1, 0.15) is 11.4 Å². The summed E-state index contributed by atoms with van der Waals surface area (Å²) in [6.07, 6.45) is 4.94. The third kappa shape index (κ3) is 2.80. The predicted molar refractivity (Wildman–Crippen MR) is 81.6 cm³/mol. The number of benzene rings is 1. The minimum atomic E-state index is -0.577. The Morgan fingerprint density at radius 1 is 1.23 bits per heavy atom. The van der Waals surface area contributed by atoms with Gasteiger partial charge in [0.15, 0.2) is 0 Å². The summed E-state index contributed by atoms with van der Waals surface area (Å²) in [6.45, 7) is 0. The fraction of sp³-hybridized carbons (Fsp3) is 0.529. The van der Waals surface area contributed by atoms with E-state index in [1.54, 1.807) is 31.4 Å². The van der Waals surface area contributed by atoms with Gasteiger partial charge in [-0.2, -0.15) is 0 Å². The molecule has 2 fully saturated rings. The molecule has 3 rings (SSSR count). The second kappa shape index (κ2) is 5.99. The molecule has 1 saturated heterocycles. The Morgan fingerprint density at radius 2 is 1.91 bits per heavy atom. The molecule has 1 aliphatic carbocycles. The van der Waals surface area contributed by atoms with Gasteiger partial charge in [0.2, 0.25) is 5.91 Å². The summed E-state index contributed by atoms with van der Waals surface area (Å²) in [4.78, 5) is 24.4. The van der Waals surface area contributed by atoms with Gasteiger partial charge in [0.25, 0.3) is 0 Å². The summed E-state index contributed by atoms with van der Waals surface area (Å²) < 4.78 is 10.7. The molecule has 1 aliphatic heterocycles. The molecule has 118 valence electrons. The van der Waals surface area contributed by atoms with Gasteiger partial charge in [-0.05, 0) is 49.9 Å². The Labute approximate surface area is 130 Å². The van der Waals surface area contributed by atoms with Crippen molar-refractivity contribution in [3.8, 4) is 5.75 Å². The number of esters is 1. The minimum absolute atomic E-state index is 0.127. The van der Waals surface area contributed by atoms with Crippen molar-refractivity contribution < 1.29 is 19.1 Å². The van der Waals surface area contributed by atoms with E-state index in [0.29, 0.717) is 5.69 Å². The molecule has 0 aromatic heterocycles. The lowest BCUT2D eigenvalue weighted by molar-refractivity contribution is -0.153. The molecule has 0 unspecified atom stereocenters. The summed E-state index contributed by atoms with van der Waals surface area (Å²) in [7, 11) is 1.60. The summed E-state index contributed by atoms with van der Waals surface area (Å²) in [5.74, 6) is -0.0294. The lowest BCUT2D eigenvalue weighted by atomic mass is 9.75. The molecule has 1 aromatic rings. The maximum atomic E-state index is 12.6. The maximum Gasteiger partial charge on any atom is 0.307 e. The van der Waals surface area contributed by atoms with Gasteiger partial charge in [-0.3, -0.25) is 9.59 Å². The van der Waals surface area contributed by atoms with Crippen molar-refractivity contribution in [2.24, 2.45) is 5.92 Å². The molecule has 2 aliphatic rings. The molecular weight excluding hydrogens is 282 g/mol. The van der Waals surface area contributed by atoms with Crippen LogP contribution in [0.15, 0.2) is 24.3 Å². The highest BCUT2D eigenvalue weighted by molar-refractivity contribution is 5.97. The number of carbonyl (C=O) groups is 2. The van der Waals surface area contributed by atoms with Crippen LogP contribution in [0.2, 0.25) is 0 Å². The zero-order valence-electron chi connectivity index (χ0n) is 12.8. The van der Waals surface area contributed by atoms with E-state index in [9.17, 15) is 9.59 Å². The quantitative estimate of drug-likeness (QED) is 0.872. The van der Waals surface area contributed by atoms with E-state index in [-0.39, 0.29) is 24.2 Å². The van der Waals surface area contributed by atoms with Crippen LogP contribution in [-0.2, 0) is 14.3 Å². The van der Waals surface area contributed by atoms with E-state index in [0.717, 1.165) is 37.9 Å². The normalized spacial score (nSPS) is 23.1. The number of carbonyl (C=O) groups excluding carboxylic acids is 2. The Balaban J connectivity index is 1.73. The Morgan fingerprint density at radius 3 is 2.55 bits per heavy atom. The van der Waals surface area contributed by atoms with E-state index in [4.69, 9.17) is 9.47 Å². The lowest BCUT2D eigenvalue weighted by Gasteiger charge is -2.36. The van der Waals surface area contributed by atoms with Crippen molar-refractivity contribution in [2.75, 3.05) is 12.4 Å². The van der Waals surface area contributed by atoms with Crippen molar-refractivity contribution >= 4 is 17.6 Å². The van der Waals surface area contributed by atoms with Gasteiger partial charge in [0, 0.05) is 5.69 Å². The average molecular weight is 303 g/mol. The molecule has 22 heavy (non-hydrogen) atoms. The van der Waals surface area contributed by atoms with Crippen LogP contribution in [0, 0.1) is 5.92 Å². The van der Waals surface area contributed by atoms with Crippen LogP contribution >= 0.6 is 0 Å². The van der Waals surface area contributed by atoms with Gasteiger partial charge < -0.3 is 14.8 Å². The molecule has 5 heteroatoms. The van der Waals surface area contributed by atoms with Gasteiger partial charge in [-0.15, -0.1) is 0 Å². The molecule has 1 aromatic carbocycles. The number of ether oxygens (including phenoxy) is 2. The molecule has 1 spiro atoms. The molecule has 1 atom stereocenters. The highest BCUT2D eigenvalue weighted by atomic mass is 16.6. The van der Waals surface area contributed by atoms with Gasteiger partial charge in [0.05, 0.1) is 19.4 Å². The molecule has 1 amide bonds. The first kappa shape index (κ1) is 14.9. The fourth-order valence-electron chi connectivity index (χ4n) is 3.53. The summed E-state index contributed by atoms with van der Waals surface area (Å²) in [5.41, 5.74) is 0.127. The van der Waals surface area contributed by atoms with Crippen LogP contribution in [0.3, 0.4) is 0 Å². The first-order chi connectivity index (χ1) is 10.6. The van der Waals surface area contributed by atoms with Crippen LogP contribution in [0.4, 0.5) is 5.69 Å². The maximum absolute atomic E-state index is 12.6. The fourth-order valence-corrected chi connectivity index (χ4v) is 3.53. The highest BCUT2D eigenvalue weighted by Gasteiger charge is 2.52. The predicted octanol–water partition coefficient (Wildman–Crippen LogP) is 2.90. The van der Waals surface area contributed by atoms with Crippen molar-refractivity contribution in [3.63, 3.8) is 0 Å². The smallest absolute Gasteiger partial charge is 0.307 e. The molecule has 5 nitrogen and oxygen atoms in total. The second-order valence-corrected chi connectivity index (χ2v) is 6.07. The van der Waals surface area contributed by atoms with Crippen molar-refractivity contribution in [1.82, 2.24) is 0 Å². The van der Waals surface area contributed by atoms with Gasteiger partial charge in [-0.1, -0.05) is 6.42 Å². The van der Waals surface area contributed by atoms with Crippen molar-refractivity contribution in [1.29, 1.82) is 0 Å². The molecule has 1 heterocycles. The number of methoxy groups -OCH3 is 1. The van der Waals surface area contributed by atoms with Crippen molar-refractivity contribution in [3.05, 3.63) is 24.3 Å². The van der Waals surface area contributed by atoms with E-state index >= 15 is 0 Å². The standard InChI is InChI=1S/C17H21NO4/c1-21-13-7-5-12(6-8-13)18-16(20)14-11-15(19)22-17(14)9-3-2-4-10-17/h5-8,14H,2-4,9-11H2,1H3,(H,18,20)/t14-/m1/s1. The summed E-state index contributed by atoms with van der Waals surface area (Å²) in [6, 6.07) is 7.17. The van der Waals surface area contributed by atoms with Crippen LogP contribution in [0.1, 0.15) is 38.5 Å². The molecule has 1 N–H and O–H groups in total. The number of rotatable bonds is 3. The van der Waals surface area contributed by atoms with E-state index in [1.165, 1.54) is 0 Å². The Hall–Kier alpha value is -2.04. The zero-order chi connectivity index (χ0) is 15.6. The second-order valence-electron chi connectivity index (χ2n) is 6.07. The first-order valence-corrected chi connectivity index (χ1v) is 7.80. The Kier molecular flexibility index (Phi) is 4.05. The van der Waals surface area contributed by atoms with Crippen LogP contribution in [0.25, 0.3) is 0 Å². The van der Waals surface area contributed by atoms with E-state index < -0.39 is 5.60 Å². The molecule has 0 radical (unpaired) electrons. The van der Waals surface area contributed by atoms with Crippen molar-refractivity contribution in [2.45, 2.75) is 44.1 Å². The topological polar surface area (TPSA) is 64.6 Å². The minimum Gasteiger partial charge on any atom is -0.497 e. The van der Waals surface area contributed by atoms with Gasteiger partial charge in [-0.25, -0.2) is 0 Å². The lowest BCUT2D eigenvalue weighted by Crippen LogP contribution is -2.43. The number of amides is 1. The third-order valence-electron chi connectivity index (χ3n) is 4.70. The monoisotopic (exact) mass is 303 g/mol. The van der Waals surface area contributed by atoms with Gasteiger partial charge >= 0.3 is 5.97 Å². The van der Waals surface area contributed by atoms with Crippen LogP contribution < -0.4 is 10.1 Å². The number of anilines is 1. The summed E-state index contributed by atoms with van der Waals surface area (Å²) in [5, 5.41) is 2.90. The summed E-state index contributed by atoms with van der Waals surface area (Å²) >= 11 is 0. The number of nitrogens with one attached hydrogen (secondary N) is 1. The van der Waals surface area contributed by atoms with Crippen LogP contribution in [0.5, 0.6) is 5.75 Å². The number of hydrogen-bond acceptors (Lipinski definition) is 4. The zero-order valence-corrected chi connectivity index (χ0v) is 12.8. The highest BCUT2D eigenvalue weighted by Crippen LogP contribution is 2.44. The number of hydrogen-bond donors (Lipinski definition) is 1. The Bertz CT molecular complexity index is 561. The largest absolute Gasteiger partial charge is 0.497 e. The average Bonchev–Trinajstić information content (AvgIpc) is 2.84. The van der Waals surface area contributed by atoms with E-state index in [2.05, 4.69) is 5.32 Å². The molecular formula is C17H21NO4.